The van der Waals surface area contributed by atoms with Gasteiger partial charge in [0.1, 0.15) is 11.2 Å². The van der Waals surface area contributed by atoms with Crippen LogP contribution in [0.5, 0.6) is 0 Å². The van der Waals surface area contributed by atoms with E-state index >= 15 is 0 Å². The molecule has 1 aliphatic carbocycles. The van der Waals surface area contributed by atoms with E-state index < -0.39 is 10.0 Å². The van der Waals surface area contributed by atoms with Crippen molar-refractivity contribution in [2.75, 3.05) is 30.8 Å². The molecule has 36 heavy (non-hydrogen) atoms. The molecule has 8 nitrogen and oxygen atoms in total. The van der Waals surface area contributed by atoms with Gasteiger partial charge < -0.3 is 9.32 Å². The highest BCUT2D eigenvalue weighted by molar-refractivity contribution is 7.88. The molecular weight excluding hydrogens is 474 g/mol. The fourth-order valence-electron chi connectivity index (χ4n) is 4.34. The quantitative estimate of drug-likeness (QED) is 0.262. The molecule has 2 heterocycles. The highest BCUT2D eigenvalue weighted by Gasteiger charge is 2.17. The van der Waals surface area contributed by atoms with E-state index in [1.165, 1.54) is 0 Å². The molecule has 0 atom stereocenters. The fraction of sp³-hybridized carbons (Fsp3) is 0.222. The maximum Gasteiger partial charge on any atom is 0.208 e. The van der Waals surface area contributed by atoms with Crippen molar-refractivity contribution in [2.45, 2.75) is 13.8 Å². The standard InChI is InChI=1S/C27H27N5O3S/c1-4-32(14-13-29-36(3,33)34)19-15-18(2)26-23(16-19)35-24-17-22(30-25-11-7-8-12-28-25)20-9-5-6-10-21(20)27(24)31-26/h5-12,15-17,29H,4,13-14H2,1-3H3/b30-22-. The van der Waals surface area contributed by atoms with E-state index in [9.17, 15) is 8.42 Å². The first-order valence-electron chi connectivity index (χ1n) is 11.7. The monoisotopic (exact) mass is 501 g/mol. The highest BCUT2D eigenvalue weighted by atomic mass is 32.2. The van der Waals surface area contributed by atoms with E-state index in [1.54, 1.807) is 6.20 Å². The molecule has 0 bridgehead atoms. The lowest BCUT2D eigenvalue weighted by Gasteiger charge is -2.24. The van der Waals surface area contributed by atoms with Gasteiger partial charge in [0.05, 0.1) is 11.6 Å². The van der Waals surface area contributed by atoms with Crippen LogP contribution < -0.4 is 15.0 Å². The van der Waals surface area contributed by atoms with Crippen LogP contribution >= 0.6 is 0 Å². The summed E-state index contributed by atoms with van der Waals surface area (Å²) in [6.07, 6.45) is 2.88. The predicted octanol–water partition coefficient (Wildman–Crippen LogP) is 4.40. The minimum atomic E-state index is -3.24. The maximum absolute atomic E-state index is 11.5. The minimum Gasteiger partial charge on any atom is -0.453 e. The highest BCUT2D eigenvalue weighted by Crippen LogP contribution is 2.33. The number of likely N-dealkylation sites (N-methyl/N-ethyl adjacent to an activating group) is 1. The number of nitrogens with one attached hydrogen (secondary N) is 1. The summed E-state index contributed by atoms with van der Waals surface area (Å²) >= 11 is 0. The number of aromatic nitrogens is 2. The number of fused-ring (bicyclic) bond motifs is 4. The van der Waals surface area contributed by atoms with Gasteiger partial charge in [0.25, 0.3) is 0 Å². The zero-order valence-corrected chi connectivity index (χ0v) is 21.2. The van der Waals surface area contributed by atoms with E-state index in [2.05, 4.69) is 20.7 Å². The second-order valence-corrected chi connectivity index (χ2v) is 10.5. The molecule has 0 unspecified atom stereocenters. The largest absolute Gasteiger partial charge is 0.453 e. The fourth-order valence-corrected chi connectivity index (χ4v) is 4.81. The zero-order chi connectivity index (χ0) is 25.3. The van der Waals surface area contributed by atoms with Gasteiger partial charge in [-0.1, -0.05) is 30.3 Å². The Morgan fingerprint density at radius 2 is 1.83 bits per heavy atom. The maximum atomic E-state index is 11.5. The van der Waals surface area contributed by atoms with Crippen LogP contribution in [0.3, 0.4) is 0 Å². The van der Waals surface area contributed by atoms with Crippen molar-refractivity contribution in [3.63, 3.8) is 0 Å². The van der Waals surface area contributed by atoms with Crippen molar-refractivity contribution < 1.29 is 12.8 Å². The molecule has 5 rings (SSSR count). The third-order valence-corrected chi connectivity index (χ3v) is 6.76. The van der Waals surface area contributed by atoms with Gasteiger partial charge in [-0.2, -0.15) is 0 Å². The smallest absolute Gasteiger partial charge is 0.208 e. The number of pyridine rings is 1. The summed E-state index contributed by atoms with van der Waals surface area (Å²) in [5.41, 5.74) is 4.15. The van der Waals surface area contributed by atoms with Crippen molar-refractivity contribution in [1.29, 1.82) is 0 Å². The zero-order valence-electron chi connectivity index (χ0n) is 20.4. The molecule has 2 aliphatic rings. The van der Waals surface area contributed by atoms with Gasteiger partial charge in [-0.25, -0.2) is 28.1 Å². The first-order valence-corrected chi connectivity index (χ1v) is 13.6. The SMILES string of the molecule is CCN(CCNS(C)(=O)=O)c1cc(C)c2nc3c4ccccc4/c(=N\c4ccccn4)cc-3oc2c1. The molecule has 1 N–H and O–H groups in total. The van der Waals surface area contributed by atoms with Gasteiger partial charge in [0, 0.05) is 54.4 Å². The normalized spacial score (nSPS) is 12.6. The number of benzene rings is 3. The lowest BCUT2D eigenvalue weighted by atomic mass is 10.0. The molecule has 1 aliphatic heterocycles. The van der Waals surface area contributed by atoms with Gasteiger partial charge in [-0.3, -0.25) is 0 Å². The van der Waals surface area contributed by atoms with Crippen molar-refractivity contribution in [2.24, 2.45) is 4.99 Å². The Morgan fingerprint density at radius 3 is 2.56 bits per heavy atom. The van der Waals surface area contributed by atoms with Gasteiger partial charge in [-0.15, -0.1) is 0 Å². The molecule has 0 spiro atoms. The van der Waals surface area contributed by atoms with Crippen LogP contribution in [-0.4, -0.2) is 44.3 Å². The lowest BCUT2D eigenvalue weighted by molar-refractivity contribution is 0.587. The van der Waals surface area contributed by atoms with Crippen molar-refractivity contribution in [3.8, 4) is 11.5 Å². The summed E-state index contributed by atoms with van der Waals surface area (Å²) in [4.78, 5) is 16.2. The summed E-state index contributed by atoms with van der Waals surface area (Å²) in [6, 6.07) is 19.6. The molecule has 3 aromatic rings. The molecular formula is C27H27N5O3S. The summed E-state index contributed by atoms with van der Waals surface area (Å²) < 4.78 is 31.9. The van der Waals surface area contributed by atoms with Crippen LogP contribution in [0.4, 0.5) is 11.5 Å². The lowest BCUT2D eigenvalue weighted by Crippen LogP contribution is -2.34. The number of rotatable bonds is 7. The number of anilines is 1. The van der Waals surface area contributed by atoms with E-state index in [0.717, 1.165) is 51.4 Å². The van der Waals surface area contributed by atoms with E-state index in [1.807, 2.05) is 68.4 Å². The Morgan fingerprint density at radius 1 is 1.06 bits per heavy atom. The third-order valence-electron chi connectivity index (χ3n) is 6.03. The third kappa shape index (κ3) is 4.93. The first-order chi connectivity index (χ1) is 17.3. The summed E-state index contributed by atoms with van der Waals surface area (Å²) in [7, 11) is -3.24. The Bertz CT molecular complexity index is 1700. The molecule has 1 aromatic heterocycles. The van der Waals surface area contributed by atoms with Gasteiger partial charge >= 0.3 is 0 Å². The van der Waals surface area contributed by atoms with Crippen LogP contribution in [0.15, 0.2) is 76.3 Å². The number of hydrogen-bond acceptors (Lipinski definition) is 7. The first kappa shape index (κ1) is 23.9. The molecule has 0 radical (unpaired) electrons. The average Bonchev–Trinajstić information content (AvgIpc) is 2.86. The van der Waals surface area contributed by atoms with Gasteiger partial charge in [0.15, 0.2) is 17.2 Å². The van der Waals surface area contributed by atoms with Gasteiger partial charge in [-0.05, 0) is 37.6 Å². The molecule has 0 saturated heterocycles. The predicted molar refractivity (Wildman–Crippen MR) is 143 cm³/mol. The average molecular weight is 502 g/mol. The molecule has 184 valence electrons. The second kappa shape index (κ2) is 9.67. The Kier molecular flexibility index (Phi) is 6.42. The Hall–Kier alpha value is -3.82. The topological polar surface area (TPSA) is 101 Å². The molecule has 9 heteroatoms. The van der Waals surface area contributed by atoms with Crippen LogP contribution in [0.25, 0.3) is 33.3 Å². The summed E-state index contributed by atoms with van der Waals surface area (Å²) in [5, 5.41) is 2.69. The van der Waals surface area contributed by atoms with E-state index in [-0.39, 0.29) is 0 Å². The summed E-state index contributed by atoms with van der Waals surface area (Å²) in [5.74, 6) is 1.25. The molecule has 0 fully saturated rings. The summed E-state index contributed by atoms with van der Waals surface area (Å²) in [6.45, 7) is 5.62. The van der Waals surface area contributed by atoms with E-state index in [0.29, 0.717) is 30.3 Å². The van der Waals surface area contributed by atoms with Crippen molar-refractivity contribution in [3.05, 3.63) is 77.8 Å². The second-order valence-electron chi connectivity index (χ2n) is 8.66. The number of nitrogens with zero attached hydrogens (tertiary/aromatic N) is 4. The van der Waals surface area contributed by atoms with Crippen LogP contribution in [0.2, 0.25) is 0 Å². The molecule has 0 amide bonds. The van der Waals surface area contributed by atoms with Crippen molar-refractivity contribution in [1.82, 2.24) is 14.7 Å². The van der Waals surface area contributed by atoms with Gasteiger partial charge in [0.2, 0.25) is 10.0 Å². The molecule has 0 saturated carbocycles. The Labute approximate surface area is 209 Å². The number of sulfonamides is 1. The minimum absolute atomic E-state index is 0.321. The van der Waals surface area contributed by atoms with Crippen molar-refractivity contribution >= 4 is 43.4 Å². The van der Waals surface area contributed by atoms with Crippen LogP contribution in [0.1, 0.15) is 12.5 Å². The van der Waals surface area contributed by atoms with E-state index in [4.69, 9.17) is 14.4 Å². The number of hydrogen-bond donors (Lipinski definition) is 1. The number of aryl methyl sites for hydroxylation is 1. The van der Waals surface area contributed by atoms with Crippen LogP contribution in [-0.2, 0) is 10.0 Å². The molecule has 2 aromatic carbocycles. The van der Waals surface area contributed by atoms with Crippen LogP contribution in [0, 0.1) is 6.92 Å². The Balaban J connectivity index is 1.66.